The van der Waals surface area contributed by atoms with Crippen LogP contribution >= 0.6 is 0 Å². The maximum Gasteiger partial charge on any atom is 0.0235 e. The minimum Gasteiger partial charge on any atom is -0.328 e. The molecular weight excluding hydrogens is 246 g/mol. The van der Waals surface area contributed by atoms with E-state index in [4.69, 9.17) is 5.73 Å². The molecular formula is C17H27N3. The highest BCUT2D eigenvalue weighted by molar-refractivity contribution is 5.22. The maximum absolute atomic E-state index is 6.00. The summed E-state index contributed by atoms with van der Waals surface area (Å²) in [5.41, 5.74) is 8.82. The van der Waals surface area contributed by atoms with Crippen molar-refractivity contribution >= 4 is 0 Å². The van der Waals surface area contributed by atoms with Gasteiger partial charge < -0.3 is 5.73 Å². The number of aryl methyl sites for hydroxylation is 1. The minimum absolute atomic E-state index is 0.441. The van der Waals surface area contributed by atoms with E-state index in [2.05, 4.69) is 41.0 Å². The Morgan fingerprint density at radius 1 is 1.15 bits per heavy atom. The van der Waals surface area contributed by atoms with Gasteiger partial charge in [0.2, 0.25) is 0 Å². The first kappa shape index (κ1) is 14.1. The van der Waals surface area contributed by atoms with Crippen molar-refractivity contribution in [1.82, 2.24) is 9.80 Å². The van der Waals surface area contributed by atoms with Crippen molar-refractivity contribution in [3.05, 3.63) is 35.4 Å². The predicted molar refractivity (Wildman–Crippen MR) is 83.6 cm³/mol. The number of nitrogens with two attached hydrogens (primary N) is 1. The number of nitrogens with zero attached hydrogens (tertiary/aromatic N) is 2. The van der Waals surface area contributed by atoms with E-state index in [0.717, 1.165) is 12.6 Å². The Labute approximate surface area is 122 Å². The lowest BCUT2D eigenvalue weighted by Gasteiger charge is -2.34. The molecule has 0 spiro atoms. The number of rotatable bonds is 3. The van der Waals surface area contributed by atoms with Gasteiger partial charge in [0.25, 0.3) is 0 Å². The third kappa shape index (κ3) is 3.40. The van der Waals surface area contributed by atoms with Gasteiger partial charge in [0.05, 0.1) is 0 Å². The van der Waals surface area contributed by atoms with Crippen LogP contribution in [0.3, 0.4) is 0 Å². The molecule has 2 saturated heterocycles. The Morgan fingerprint density at radius 2 is 1.95 bits per heavy atom. The van der Waals surface area contributed by atoms with E-state index in [1.165, 1.54) is 56.6 Å². The highest BCUT2D eigenvalue weighted by Crippen LogP contribution is 2.21. The Kier molecular flexibility index (Phi) is 4.39. The normalized spacial score (nSPS) is 26.2. The van der Waals surface area contributed by atoms with E-state index >= 15 is 0 Å². The van der Waals surface area contributed by atoms with Gasteiger partial charge in [0.15, 0.2) is 0 Å². The first-order valence-corrected chi connectivity index (χ1v) is 7.98. The molecule has 2 aliphatic heterocycles. The van der Waals surface area contributed by atoms with Gasteiger partial charge in [-0.1, -0.05) is 29.8 Å². The molecule has 20 heavy (non-hydrogen) atoms. The van der Waals surface area contributed by atoms with Gasteiger partial charge in [0.1, 0.15) is 0 Å². The van der Waals surface area contributed by atoms with Crippen molar-refractivity contribution in [3.8, 4) is 0 Å². The fourth-order valence-corrected chi connectivity index (χ4v) is 3.61. The second kappa shape index (κ2) is 6.25. The third-order valence-electron chi connectivity index (χ3n) is 4.83. The van der Waals surface area contributed by atoms with Crippen molar-refractivity contribution in [1.29, 1.82) is 0 Å². The number of benzene rings is 1. The fourth-order valence-electron chi connectivity index (χ4n) is 3.61. The molecule has 0 aromatic heterocycles. The summed E-state index contributed by atoms with van der Waals surface area (Å²) in [6.45, 7) is 8.14. The molecule has 110 valence electrons. The Bertz CT molecular complexity index is 438. The van der Waals surface area contributed by atoms with Crippen LogP contribution in [0.15, 0.2) is 24.3 Å². The molecule has 1 atom stereocenters. The Hall–Kier alpha value is -0.900. The monoisotopic (exact) mass is 273 g/mol. The highest BCUT2D eigenvalue weighted by Gasteiger charge is 2.29. The minimum atomic E-state index is 0.441. The lowest BCUT2D eigenvalue weighted by Crippen LogP contribution is -2.46. The van der Waals surface area contributed by atoms with E-state index in [1.54, 1.807) is 0 Å². The smallest absolute Gasteiger partial charge is 0.0235 e. The van der Waals surface area contributed by atoms with Gasteiger partial charge in [-0.2, -0.15) is 0 Å². The van der Waals surface area contributed by atoms with Crippen LogP contribution in [0, 0.1) is 6.92 Å². The summed E-state index contributed by atoms with van der Waals surface area (Å²) in [5, 5.41) is 0. The van der Waals surface area contributed by atoms with Crippen LogP contribution in [0.2, 0.25) is 0 Å². The zero-order valence-electron chi connectivity index (χ0n) is 12.6. The van der Waals surface area contributed by atoms with E-state index in [-0.39, 0.29) is 0 Å². The molecule has 1 aromatic carbocycles. The molecule has 3 nitrogen and oxygen atoms in total. The summed E-state index contributed by atoms with van der Waals surface area (Å²) in [6, 6.07) is 10.1. The quantitative estimate of drug-likeness (QED) is 0.914. The molecule has 3 heteroatoms. The van der Waals surface area contributed by atoms with Crippen molar-refractivity contribution in [2.75, 3.05) is 26.2 Å². The number of likely N-dealkylation sites (tertiary alicyclic amines) is 2. The van der Waals surface area contributed by atoms with Crippen LogP contribution in [0.25, 0.3) is 0 Å². The van der Waals surface area contributed by atoms with Gasteiger partial charge in [-0.15, -0.1) is 0 Å². The standard InChI is InChI=1S/C17H27N3/c1-14-3-2-4-15(11-14)12-19-8-7-17(13-19)20-9-5-16(18)6-10-20/h2-4,11,16-17H,5-10,12-13,18H2,1H3. The SMILES string of the molecule is Cc1cccc(CN2CCC(N3CCC(N)CC3)C2)c1. The lowest BCUT2D eigenvalue weighted by atomic mass is 10.0. The van der Waals surface area contributed by atoms with Crippen LogP contribution in [-0.2, 0) is 6.54 Å². The first-order valence-electron chi connectivity index (χ1n) is 7.98. The average molecular weight is 273 g/mol. The Morgan fingerprint density at radius 3 is 2.70 bits per heavy atom. The van der Waals surface area contributed by atoms with E-state index in [1.807, 2.05) is 0 Å². The second-order valence-corrected chi connectivity index (χ2v) is 6.54. The molecule has 0 aliphatic carbocycles. The topological polar surface area (TPSA) is 32.5 Å². The van der Waals surface area contributed by atoms with Crippen LogP contribution < -0.4 is 5.73 Å². The molecule has 2 heterocycles. The number of piperidine rings is 1. The zero-order chi connectivity index (χ0) is 13.9. The van der Waals surface area contributed by atoms with Crippen LogP contribution in [-0.4, -0.2) is 48.1 Å². The predicted octanol–water partition coefficient (Wildman–Crippen LogP) is 1.99. The Balaban J connectivity index is 1.52. The van der Waals surface area contributed by atoms with Gasteiger partial charge in [-0.3, -0.25) is 9.80 Å². The van der Waals surface area contributed by atoms with Crippen LogP contribution in [0.5, 0.6) is 0 Å². The van der Waals surface area contributed by atoms with Gasteiger partial charge >= 0.3 is 0 Å². The molecule has 0 saturated carbocycles. The summed E-state index contributed by atoms with van der Waals surface area (Å²) in [7, 11) is 0. The summed E-state index contributed by atoms with van der Waals surface area (Å²) >= 11 is 0. The zero-order valence-corrected chi connectivity index (χ0v) is 12.6. The number of hydrogen-bond acceptors (Lipinski definition) is 3. The van der Waals surface area contributed by atoms with Crippen molar-refractivity contribution in [2.45, 2.75) is 44.8 Å². The second-order valence-electron chi connectivity index (χ2n) is 6.54. The first-order chi connectivity index (χ1) is 9.70. The summed E-state index contributed by atoms with van der Waals surface area (Å²) in [6.07, 6.45) is 3.67. The molecule has 1 unspecified atom stereocenters. The van der Waals surface area contributed by atoms with E-state index in [9.17, 15) is 0 Å². The van der Waals surface area contributed by atoms with Crippen molar-refractivity contribution in [2.24, 2.45) is 5.73 Å². The van der Waals surface area contributed by atoms with Crippen molar-refractivity contribution in [3.63, 3.8) is 0 Å². The fraction of sp³-hybridized carbons (Fsp3) is 0.647. The van der Waals surface area contributed by atoms with Crippen LogP contribution in [0.1, 0.15) is 30.4 Å². The summed E-state index contributed by atoms with van der Waals surface area (Å²) < 4.78 is 0. The van der Waals surface area contributed by atoms with Gasteiger partial charge in [0, 0.05) is 31.7 Å². The van der Waals surface area contributed by atoms with Crippen LogP contribution in [0.4, 0.5) is 0 Å². The molecule has 2 fully saturated rings. The lowest BCUT2D eigenvalue weighted by molar-refractivity contribution is 0.151. The van der Waals surface area contributed by atoms with Crippen molar-refractivity contribution < 1.29 is 0 Å². The largest absolute Gasteiger partial charge is 0.328 e. The molecule has 2 aliphatic rings. The van der Waals surface area contributed by atoms with E-state index < -0.39 is 0 Å². The third-order valence-corrected chi connectivity index (χ3v) is 4.83. The summed E-state index contributed by atoms with van der Waals surface area (Å²) in [5.74, 6) is 0. The van der Waals surface area contributed by atoms with Gasteiger partial charge in [-0.05, 0) is 44.8 Å². The van der Waals surface area contributed by atoms with E-state index in [0.29, 0.717) is 6.04 Å². The maximum atomic E-state index is 6.00. The molecule has 2 N–H and O–H groups in total. The molecule has 0 bridgehead atoms. The molecule has 1 aromatic rings. The average Bonchev–Trinajstić information content (AvgIpc) is 2.88. The molecule has 0 amide bonds. The number of hydrogen-bond donors (Lipinski definition) is 1. The van der Waals surface area contributed by atoms with Gasteiger partial charge in [-0.25, -0.2) is 0 Å². The highest BCUT2D eigenvalue weighted by atomic mass is 15.3. The summed E-state index contributed by atoms with van der Waals surface area (Å²) in [4.78, 5) is 5.27. The molecule has 0 radical (unpaired) electrons. The molecule has 3 rings (SSSR count).